The molecule has 0 N–H and O–H groups in total. The van der Waals surface area contributed by atoms with E-state index < -0.39 is 7.60 Å². The Labute approximate surface area is 66.6 Å². The summed E-state index contributed by atoms with van der Waals surface area (Å²) in [6.07, 6.45) is -0.379. The second-order valence-corrected chi connectivity index (χ2v) is 4.38. The molecule has 0 aromatic rings. The maximum atomic E-state index is 11.3. The van der Waals surface area contributed by atoms with Crippen LogP contribution in [0, 0.1) is 11.3 Å². The van der Waals surface area contributed by atoms with Crippen molar-refractivity contribution in [3.63, 3.8) is 0 Å². The summed E-state index contributed by atoms with van der Waals surface area (Å²) in [6, 6.07) is 1.75. The topological polar surface area (TPSA) is 59.3 Å². The Balaban J connectivity index is 4.14. The minimum atomic E-state index is -3.12. The summed E-state index contributed by atoms with van der Waals surface area (Å²) in [7, 11) is -1.84. The SMILES string of the molecule is COP(=O)(CC#N)OC(C)C. The predicted molar refractivity (Wildman–Crippen MR) is 41.3 cm³/mol. The lowest BCUT2D eigenvalue weighted by molar-refractivity contribution is 0.190. The summed E-state index contributed by atoms with van der Waals surface area (Å²) in [6.45, 7) is 3.48. The molecule has 4 nitrogen and oxygen atoms in total. The monoisotopic (exact) mass is 177 g/mol. The second kappa shape index (κ2) is 4.50. The third-order valence-electron chi connectivity index (χ3n) is 0.914. The van der Waals surface area contributed by atoms with Gasteiger partial charge in [-0.3, -0.25) is 4.57 Å². The van der Waals surface area contributed by atoms with Crippen LogP contribution in [0.2, 0.25) is 0 Å². The Hall–Kier alpha value is -0.360. The molecular formula is C6H12NO3P. The van der Waals surface area contributed by atoms with Crippen LogP contribution in [0.5, 0.6) is 0 Å². The van der Waals surface area contributed by atoms with Gasteiger partial charge in [0, 0.05) is 7.11 Å². The van der Waals surface area contributed by atoms with Crippen LogP contribution in [0.25, 0.3) is 0 Å². The highest BCUT2D eigenvalue weighted by molar-refractivity contribution is 7.54. The molecule has 0 aromatic carbocycles. The fraction of sp³-hybridized carbons (Fsp3) is 0.833. The Kier molecular flexibility index (Phi) is 4.36. The van der Waals surface area contributed by atoms with E-state index in [4.69, 9.17) is 9.79 Å². The molecule has 5 heteroatoms. The van der Waals surface area contributed by atoms with Crippen LogP contribution in [0.1, 0.15) is 13.8 Å². The third kappa shape index (κ3) is 4.15. The molecule has 0 saturated heterocycles. The van der Waals surface area contributed by atoms with Gasteiger partial charge in [-0.1, -0.05) is 0 Å². The summed E-state index contributed by atoms with van der Waals surface area (Å²) < 4.78 is 20.9. The molecule has 0 aliphatic heterocycles. The van der Waals surface area contributed by atoms with Crippen molar-refractivity contribution in [2.24, 2.45) is 0 Å². The van der Waals surface area contributed by atoms with E-state index in [1.54, 1.807) is 19.9 Å². The van der Waals surface area contributed by atoms with Gasteiger partial charge in [0.15, 0.2) is 0 Å². The van der Waals surface area contributed by atoms with E-state index in [-0.39, 0.29) is 12.3 Å². The first-order valence-corrected chi connectivity index (χ1v) is 4.97. The van der Waals surface area contributed by atoms with Gasteiger partial charge in [-0.15, -0.1) is 0 Å². The third-order valence-corrected chi connectivity index (χ3v) is 2.74. The average Bonchev–Trinajstić information content (AvgIpc) is 1.87. The minimum Gasteiger partial charge on any atom is -0.311 e. The lowest BCUT2D eigenvalue weighted by atomic mass is 10.5. The molecule has 0 bridgehead atoms. The Morgan fingerprint density at radius 1 is 1.64 bits per heavy atom. The molecule has 0 heterocycles. The molecule has 1 atom stereocenters. The van der Waals surface area contributed by atoms with Crippen LogP contribution in [0.4, 0.5) is 0 Å². The van der Waals surface area contributed by atoms with E-state index >= 15 is 0 Å². The van der Waals surface area contributed by atoms with Gasteiger partial charge in [-0.2, -0.15) is 5.26 Å². The van der Waals surface area contributed by atoms with Gasteiger partial charge < -0.3 is 9.05 Å². The molecule has 11 heavy (non-hydrogen) atoms. The Bertz CT molecular complexity index is 196. The van der Waals surface area contributed by atoms with Crippen molar-refractivity contribution < 1.29 is 13.6 Å². The summed E-state index contributed by atoms with van der Waals surface area (Å²) >= 11 is 0. The van der Waals surface area contributed by atoms with Crippen molar-refractivity contribution in [2.75, 3.05) is 13.3 Å². The molecule has 1 unspecified atom stereocenters. The fourth-order valence-corrected chi connectivity index (χ4v) is 1.66. The number of nitrogens with zero attached hydrogens (tertiary/aromatic N) is 1. The zero-order valence-corrected chi connectivity index (χ0v) is 7.80. The first-order valence-electron chi connectivity index (χ1n) is 3.24. The highest BCUT2D eigenvalue weighted by Crippen LogP contribution is 2.47. The smallest absolute Gasteiger partial charge is 0.311 e. The van der Waals surface area contributed by atoms with E-state index in [0.29, 0.717) is 0 Å². The van der Waals surface area contributed by atoms with E-state index in [1.165, 1.54) is 7.11 Å². The normalized spacial score (nSPS) is 15.9. The number of hydrogen-bond acceptors (Lipinski definition) is 4. The van der Waals surface area contributed by atoms with Gasteiger partial charge >= 0.3 is 7.60 Å². The number of hydrogen-bond donors (Lipinski definition) is 0. The van der Waals surface area contributed by atoms with Crippen molar-refractivity contribution in [1.29, 1.82) is 5.26 Å². The van der Waals surface area contributed by atoms with Crippen LogP contribution in [-0.4, -0.2) is 19.4 Å². The summed E-state index contributed by atoms with van der Waals surface area (Å²) in [4.78, 5) is 0. The Morgan fingerprint density at radius 2 is 2.18 bits per heavy atom. The van der Waals surface area contributed by atoms with Crippen LogP contribution in [0.15, 0.2) is 0 Å². The lowest BCUT2D eigenvalue weighted by Crippen LogP contribution is -2.03. The molecule has 0 rings (SSSR count). The summed E-state index contributed by atoms with van der Waals surface area (Å²) in [5.74, 6) is 0. The zero-order valence-electron chi connectivity index (χ0n) is 6.90. The van der Waals surface area contributed by atoms with Crippen LogP contribution >= 0.6 is 7.60 Å². The minimum absolute atomic E-state index is 0.186. The molecular weight excluding hydrogens is 165 g/mol. The van der Waals surface area contributed by atoms with Crippen molar-refractivity contribution in [3.05, 3.63) is 0 Å². The average molecular weight is 177 g/mol. The van der Waals surface area contributed by atoms with E-state index in [1.807, 2.05) is 0 Å². The summed E-state index contributed by atoms with van der Waals surface area (Å²) in [5, 5.41) is 8.26. The molecule has 0 fully saturated rings. The van der Waals surface area contributed by atoms with Gasteiger partial charge in [0.1, 0.15) is 6.16 Å². The van der Waals surface area contributed by atoms with E-state index in [9.17, 15) is 4.57 Å². The molecule has 0 amide bonds. The molecule has 0 spiro atoms. The Morgan fingerprint density at radius 3 is 2.45 bits per heavy atom. The first-order chi connectivity index (χ1) is 5.04. The van der Waals surface area contributed by atoms with Gasteiger partial charge in [0.25, 0.3) is 0 Å². The molecule has 0 radical (unpaired) electrons. The molecule has 64 valence electrons. The standard InChI is InChI=1S/C6H12NO3P/c1-6(2)10-11(8,9-3)5-4-7/h6H,5H2,1-3H3. The second-order valence-electron chi connectivity index (χ2n) is 2.26. The largest absolute Gasteiger partial charge is 0.344 e. The predicted octanol–water partition coefficient (Wildman–Crippen LogP) is 1.77. The van der Waals surface area contributed by atoms with Crippen LogP contribution < -0.4 is 0 Å². The maximum absolute atomic E-state index is 11.3. The van der Waals surface area contributed by atoms with E-state index in [0.717, 1.165) is 0 Å². The van der Waals surface area contributed by atoms with Crippen molar-refractivity contribution in [1.82, 2.24) is 0 Å². The zero-order chi connectivity index (χ0) is 8.91. The van der Waals surface area contributed by atoms with Crippen molar-refractivity contribution >= 4 is 7.60 Å². The highest BCUT2D eigenvalue weighted by Gasteiger charge is 2.23. The molecule has 0 aromatic heterocycles. The number of rotatable bonds is 4. The first kappa shape index (κ1) is 10.6. The molecule has 0 aliphatic rings. The van der Waals surface area contributed by atoms with Gasteiger partial charge in [0.05, 0.1) is 12.2 Å². The van der Waals surface area contributed by atoms with Crippen molar-refractivity contribution in [3.8, 4) is 6.07 Å². The van der Waals surface area contributed by atoms with Gasteiger partial charge in [0.2, 0.25) is 0 Å². The maximum Gasteiger partial charge on any atom is 0.344 e. The van der Waals surface area contributed by atoms with Gasteiger partial charge in [-0.25, -0.2) is 0 Å². The summed E-state index contributed by atoms with van der Waals surface area (Å²) in [5.41, 5.74) is 0. The molecule has 0 saturated carbocycles. The lowest BCUT2D eigenvalue weighted by Gasteiger charge is -2.15. The van der Waals surface area contributed by atoms with E-state index in [2.05, 4.69) is 4.52 Å². The van der Waals surface area contributed by atoms with Crippen LogP contribution in [0.3, 0.4) is 0 Å². The fourth-order valence-electron chi connectivity index (χ4n) is 0.553. The molecule has 0 aliphatic carbocycles. The van der Waals surface area contributed by atoms with Gasteiger partial charge in [-0.05, 0) is 13.8 Å². The quantitative estimate of drug-likeness (QED) is 0.614. The highest BCUT2D eigenvalue weighted by atomic mass is 31.2. The van der Waals surface area contributed by atoms with Crippen molar-refractivity contribution in [2.45, 2.75) is 20.0 Å². The van der Waals surface area contributed by atoms with Crippen LogP contribution in [-0.2, 0) is 13.6 Å². The number of nitriles is 1.